The SMILES string of the molecule is CCCCn1nc(C)cc1CCCS(=O)(=O)c1ccccc1. The molecule has 4 nitrogen and oxygen atoms in total. The normalized spacial score (nSPS) is 11.7. The third-order valence-electron chi connectivity index (χ3n) is 3.66. The Bertz CT molecular complexity index is 691. The highest BCUT2D eigenvalue weighted by molar-refractivity contribution is 7.91. The van der Waals surface area contributed by atoms with Crippen molar-refractivity contribution in [1.29, 1.82) is 0 Å². The number of aryl methyl sites for hydroxylation is 3. The smallest absolute Gasteiger partial charge is 0.178 e. The molecule has 0 radical (unpaired) electrons. The monoisotopic (exact) mass is 320 g/mol. The van der Waals surface area contributed by atoms with E-state index in [1.165, 1.54) is 0 Å². The van der Waals surface area contributed by atoms with Gasteiger partial charge in [-0.15, -0.1) is 0 Å². The van der Waals surface area contributed by atoms with Crippen molar-refractivity contribution in [3.63, 3.8) is 0 Å². The molecule has 22 heavy (non-hydrogen) atoms. The van der Waals surface area contributed by atoms with E-state index in [2.05, 4.69) is 18.1 Å². The van der Waals surface area contributed by atoms with Crippen LogP contribution in [0.4, 0.5) is 0 Å². The maximum atomic E-state index is 12.3. The van der Waals surface area contributed by atoms with Gasteiger partial charge in [0.1, 0.15) is 0 Å². The maximum Gasteiger partial charge on any atom is 0.178 e. The molecule has 0 fully saturated rings. The van der Waals surface area contributed by atoms with E-state index in [4.69, 9.17) is 0 Å². The van der Waals surface area contributed by atoms with Gasteiger partial charge in [0, 0.05) is 12.2 Å². The van der Waals surface area contributed by atoms with Crippen molar-refractivity contribution in [3.8, 4) is 0 Å². The second kappa shape index (κ2) is 7.58. The van der Waals surface area contributed by atoms with Crippen LogP contribution in [-0.2, 0) is 22.8 Å². The van der Waals surface area contributed by atoms with Gasteiger partial charge in [-0.25, -0.2) is 8.42 Å². The highest BCUT2D eigenvalue weighted by Crippen LogP contribution is 2.14. The van der Waals surface area contributed by atoms with E-state index in [1.54, 1.807) is 24.3 Å². The first-order chi connectivity index (χ1) is 10.5. The number of unbranched alkanes of at least 4 members (excludes halogenated alkanes) is 1. The van der Waals surface area contributed by atoms with Crippen molar-refractivity contribution < 1.29 is 8.42 Å². The van der Waals surface area contributed by atoms with Gasteiger partial charge in [-0.05, 0) is 44.4 Å². The lowest BCUT2D eigenvalue weighted by molar-refractivity contribution is 0.542. The average Bonchev–Trinajstić information content (AvgIpc) is 2.86. The maximum absolute atomic E-state index is 12.3. The Balaban J connectivity index is 1.96. The number of hydrogen-bond acceptors (Lipinski definition) is 3. The van der Waals surface area contributed by atoms with E-state index in [9.17, 15) is 8.42 Å². The van der Waals surface area contributed by atoms with Crippen LogP contribution in [0.5, 0.6) is 0 Å². The molecule has 0 saturated heterocycles. The van der Waals surface area contributed by atoms with Crippen molar-refractivity contribution in [3.05, 3.63) is 47.8 Å². The number of hydrogen-bond donors (Lipinski definition) is 0. The molecule has 5 heteroatoms. The Labute approximate surface area is 133 Å². The minimum atomic E-state index is -3.18. The summed E-state index contributed by atoms with van der Waals surface area (Å²) in [6, 6.07) is 10.7. The van der Waals surface area contributed by atoms with Gasteiger partial charge >= 0.3 is 0 Å². The topological polar surface area (TPSA) is 52.0 Å². The number of aromatic nitrogens is 2. The summed E-state index contributed by atoms with van der Waals surface area (Å²) in [4.78, 5) is 0.408. The van der Waals surface area contributed by atoms with E-state index >= 15 is 0 Å². The van der Waals surface area contributed by atoms with Crippen molar-refractivity contribution in [2.24, 2.45) is 0 Å². The van der Waals surface area contributed by atoms with Gasteiger partial charge in [-0.2, -0.15) is 5.10 Å². The van der Waals surface area contributed by atoms with Crippen LogP contribution in [0.2, 0.25) is 0 Å². The first-order valence-corrected chi connectivity index (χ1v) is 9.49. The predicted molar refractivity (Wildman–Crippen MR) is 88.7 cm³/mol. The summed E-state index contributed by atoms with van der Waals surface area (Å²) in [5.74, 6) is 0.176. The zero-order valence-corrected chi connectivity index (χ0v) is 14.1. The first-order valence-electron chi connectivity index (χ1n) is 7.84. The van der Waals surface area contributed by atoms with Crippen LogP contribution in [0.25, 0.3) is 0 Å². The van der Waals surface area contributed by atoms with Crippen LogP contribution < -0.4 is 0 Å². The van der Waals surface area contributed by atoms with E-state index in [0.29, 0.717) is 11.3 Å². The van der Waals surface area contributed by atoms with Crippen molar-refractivity contribution >= 4 is 9.84 Å². The Morgan fingerprint density at radius 3 is 2.55 bits per heavy atom. The highest BCUT2D eigenvalue weighted by atomic mass is 32.2. The number of nitrogens with zero attached hydrogens (tertiary/aromatic N) is 2. The van der Waals surface area contributed by atoms with Crippen LogP contribution in [0, 0.1) is 6.92 Å². The van der Waals surface area contributed by atoms with Gasteiger partial charge in [0.05, 0.1) is 16.3 Å². The summed E-state index contributed by atoms with van der Waals surface area (Å²) in [6.07, 6.45) is 3.59. The zero-order chi connectivity index (χ0) is 16.0. The summed E-state index contributed by atoms with van der Waals surface area (Å²) in [7, 11) is -3.18. The molecule has 2 aromatic rings. The van der Waals surface area contributed by atoms with Crippen molar-refractivity contribution in [1.82, 2.24) is 9.78 Å². The molecule has 0 saturated carbocycles. The molecule has 0 aliphatic heterocycles. The van der Waals surface area contributed by atoms with Crippen LogP contribution in [0.1, 0.15) is 37.6 Å². The average molecular weight is 320 g/mol. The molecular formula is C17H24N2O2S. The Kier molecular flexibility index (Phi) is 5.77. The summed E-state index contributed by atoms with van der Waals surface area (Å²) >= 11 is 0. The molecule has 0 bridgehead atoms. The molecule has 1 aromatic heterocycles. The second-order valence-corrected chi connectivity index (χ2v) is 7.70. The molecule has 0 atom stereocenters. The molecule has 1 aromatic carbocycles. The third kappa shape index (κ3) is 4.44. The molecular weight excluding hydrogens is 296 g/mol. The standard InChI is InChI=1S/C17H24N2O2S/c1-3-4-12-19-16(14-15(2)18-19)9-8-13-22(20,21)17-10-6-5-7-11-17/h5-7,10-11,14H,3-4,8-9,12-13H2,1-2H3. The van der Waals surface area contributed by atoms with Crippen LogP contribution in [-0.4, -0.2) is 24.0 Å². The molecule has 0 N–H and O–H groups in total. The van der Waals surface area contributed by atoms with Gasteiger partial charge in [-0.3, -0.25) is 4.68 Å². The molecule has 120 valence electrons. The van der Waals surface area contributed by atoms with E-state index in [0.717, 1.165) is 37.2 Å². The summed E-state index contributed by atoms with van der Waals surface area (Å²) in [6.45, 7) is 5.04. The molecule has 2 rings (SSSR count). The highest BCUT2D eigenvalue weighted by Gasteiger charge is 2.14. The minimum absolute atomic E-state index is 0.176. The fourth-order valence-electron chi connectivity index (χ4n) is 2.49. The first kappa shape index (κ1) is 16.7. The van der Waals surface area contributed by atoms with Gasteiger partial charge in [-0.1, -0.05) is 31.5 Å². The lowest BCUT2D eigenvalue weighted by Gasteiger charge is -2.07. The number of rotatable bonds is 8. The minimum Gasteiger partial charge on any atom is -0.269 e. The van der Waals surface area contributed by atoms with Crippen molar-refractivity contribution in [2.45, 2.75) is 51.0 Å². The third-order valence-corrected chi connectivity index (χ3v) is 5.47. The molecule has 1 heterocycles. The largest absolute Gasteiger partial charge is 0.269 e. The summed E-state index contributed by atoms with van der Waals surface area (Å²) < 4.78 is 26.5. The van der Waals surface area contributed by atoms with E-state index in [1.807, 2.05) is 17.7 Å². The van der Waals surface area contributed by atoms with Gasteiger partial charge in [0.2, 0.25) is 0 Å². The zero-order valence-electron chi connectivity index (χ0n) is 13.3. The molecule has 0 unspecified atom stereocenters. The Morgan fingerprint density at radius 1 is 1.14 bits per heavy atom. The van der Waals surface area contributed by atoms with Crippen LogP contribution >= 0.6 is 0 Å². The molecule has 0 aliphatic rings. The summed E-state index contributed by atoms with van der Waals surface area (Å²) in [5, 5.41) is 4.49. The van der Waals surface area contributed by atoms with E-state index in [-0.39, 0.29) is 5.75 Å². The Morgan fingerprint density at radius 2 is 1.86 bits per heavy atom. The number of sulfone groups is 1. The fraction of sp³-hybridized carbons (Fsp3) is 0.471. The lowest BCUT2D eigenvalue weighted by Crippen LogP contribution is -2.10. The van der Waals surface area contributed by atoms with Crippen molar-refractivity contribution in [2.75, 3.05) is 5.75 Å². The van der Waals surface area contributed by atoms with Gasteiger partial charge in [0.25, 0.3) is 0 Å². The molecule has 0 amide bonds. The Hall–Kier alpha value is -1.62. The molecule has 0 aliphatic carbocycles. The second-order valence-electron chi connectivity index (χ2n) is 5.59. The van der Waals surface area contributed by atoms with Crippen LogP contribution in [0.15, 0.2) is 41.3 Å². The quantitative estimate of drug-likeness (QED) is 0.749. The predicted octanol–water partition coefficient (Wildman–Crippen LogP) is 3.40. The van der Waals surface area contributed by atoms with Gasteiger partial charge < -0.3 is 0 Å². The lowest BCUT2D eigenvalue weighted by atomic mass is 10.2. The van der Waals surface area contributed by atoms with Crippen LogP contribution in [0.3, 0.4) is 0 Å². The number of benzene rings is 1. The fourth-order valence-corrected chi connectivity index (χ4v) is 3.82. The summed E-state index contributed by atoms with van der Waals surface area (Å²) in [5.41, 5.74) is 2.13. The van der Waals surface area contributed by atoms with E-state index < -0.39 is 9.84 Å². The molecule has 0 spiro atoms. The van der Waals surface area contributed by atoms with Gasteiger partial charge in [0.15, 0.2) is 9.84 Å².